The molecule has 1 aromatic heterocycles. The molecule has 0 radical (unpaired) electrons. The maximum Gasteiger partial charge on any atom is 0.494 e. The zero-order valence-electron chi connectivity index (χ0n) is 14.9. The first-order valence-electron chi connectivity index (χ1n) is 8.27. The summed E-state index contributed by atoms with van der Waals surface area (Å²) >= 11 is 0. The van der Waals surface area contributed by atoms with Gasteiger partial charge in [0.1, 0.15) is 0 Å². The summed E-state index contributed by atoms with van der Waals surface area (Å²) in [5.74, 6) is 0. The molecular weight excluding hydrogens is 317 g/mol. The summed E-state index contributed by atoms with van der Waals surface area (Å²) in [7, 11) is -0.409. The van der Waals surface area contributed by atoms with E-state index in [0.29, 0.717) is 5.69 Å². The van der Waals surface area contributed by atoms with Crippen LogP contribution in [-0.2, 0) is 9.31 Å². The molecular formula is C18H23BN3O3+. The maximum absolute atomic E-state index is 12.0. The average molecular weight is 340 g/mol. The Labute approximate surface area is 148 Å². The lowest BCUT2D eigenvalue weighted by atomic mass is 9.79. The molecule has 1 aliphatic heterocycles. The number of pyridine rings is 1. The zero-order chi connectivity index (χ0) is 18.1. The van der Waals surface area contributed by atoms with E-state index in [4.69, 9.17) is 9.31 Å². The average Bonchev–Trinajstić information content (AvgIpc) is 2.77. The summed E-state index contributed by atoms with van der Waals surface area (Å²) in [6, 6.07) is 12.7. The Morgan fingerprint density at radius 3 is 2.08 bits per heavy atom. The molecule has 25 heavy (non-hydrogen) atoms. The molecule has 7 heteroatoms. The SMILES string of the molecule is CC1(C)OB(c2ccc(NC(=O)N[n+]3ccccc3)cc2)OC1(C)C. The van der Waals surface area contributed by atoms with Crippen molar-refractivity contribution in [2.24, 2.45) is 0 Å². The number of amides is 2. The number of hydrogen-bond donors (Lipinski definition) is 2. The number of aromatic nitrogens is 1. The molecule has 1 saturated heterocycles. The Bertz CT molecular complexity index is 732. The van der Waals surface area contributed by atoms with Crippen LogP contribution in [0.15, 0.2) is 54.9 Å². The highest BCUT2D eigenvalue weighted by atomic mass is 16.7. The summed E-state index contributed by atoms with van der Waals surface area (Å²) < 4.78 is 13.6. The second-order valence-electron chi connectivity index (χ2n) is 7.06. The van der Waals surface area contributed by atoms with Gasteiger partial charge in [0, 0.05) is 17.8 Å². The monoisotopic (exact) mass is 340 g/mol. The molecule has 6 nitrogen and oxygen atoms in total. The molecule has 2 amide bonds. The highest BCUT2D eigenvalue weighted by Gasteiger charge is 2.51. The number of nitrogens with one attached hydrogen (secondary N) is 2. The molecule has 2 N–H and O–H groups in total. The van der Waals surface area contributed by atoms with E-state index in [1.165, 1.54) is 0 Å². The number of urea groups is 1. The first-order chi connectivity index (χ1) is 11.8. The first-order valence-corrected chi connectivity index (χ1v) is 8.27. The maximum atomic E-state index is 12.0. The van der Waals surface area contributed by atoms with E-state index >= 15 is 0 Å². The van der Waals surface area contributed by atoms with E-state index in [1.807, 2.05) is 70.2 Å². The van der Waals surface area contributed by atoms with Crippen LogP contribution in [0.25, 0.3) is 0 Å². The standard InChI is InChI=1S/C18H22BN3O3/c1-17(2)18(3,4)25-19(24-17)14-8-10-15(11-9-14)20-16(23)21-22-12-6-5-7-13-22/h5-13H,1-4H3,(H-,20,21,23)/p+1. The predicted molar refractivity (Wildman–Crippen MR) is 97.2 cm³/mol. The molecule has 0 atom stereocenters. The van der Waals surface area contributed by atoms with Gasteiger partial charge in [0.25, 0.3) is 0 Å². The lowest BCUT2D eigenvalue weighted by Gasteiger charge is -2.32. The van der Waals surface area contributed by atoms with Gasteiger partial charge in [-0.3, -0.25) is 0 Å². The van der Waals surface area contributed by atoms with Crippen molar-refractivity contribution in [2.75, 3.05) is 10.7 Å². The number of benzene rings is 1. The summed E-state index contributed by atoms with van der Waals surface area (Å²) in [4.78, 5) is 12.0. The van der Waals surface area contributed by atoms with Gasteiger partial charge >= 0.3 is 13.1 Å². The Kier molecular flexibility index (Phi) is 4.54. The van der Waals surface area contributed by atoms with Gasteiger partial charge in [0.2, 0.25) is 0 Å². The molecule has 130 valence electrons. The Balaban J connectivity index is 1.62. The smallest absolute Gasteiger partial charge is 0.399 e. The van der Waals surface area contributed by atoms with Crippen LogP contribution in [0.5, 0.6) is 0 Å². The highest BCUT2D eigenvalue weighted by molar-refractivity contribution is 6.62. The van der Waals surface area contributed by atoms with Crippen LogP contribution in [-0.4, -0.2) is 24.4 Å². The topological polar surface area (TPSA) is 63.5 Å². The van der Waals surface area contributed by atoms with Crippen LogP contribution in [0, 0.1) is 0 Å². The van der Waals surface area contributed by atoms with Gasteiger partial charge in [-0.05, 0) is 45.3 Å². The quantitative estimate of drug-likeness (QED) is 0.664. The van der Waals surface area contributed by atoms with E-state index in [-0.39, 0.29) is 17.2 Å². The lowest BCUT2D eigenvalue weighted by molar-refractivity contribution is -0.641. The highest BCUT2D eigenvalue weighted by Crippen LogP contribution is 2.36. The second-order valence-corrected chi connectivity index (χ2v) is 7.06. The number of rotatable bonds is 3. The molecule has 2 aromatic rings. The van der Waals surface area contributed by atoms with Crippen molar-refractivity contribution in [2.45, 2.75) is 38.9 Å². The van der Waals surface area contributed by atoms with Gasteiger partial charge < -0.3 is 14.6 Å². The number of nitrogens with zero attached hydrogens (tertiary/aromatic N) is 1. The number of carbonyl (C=O) groups excluding carboxylic acids is 1. The van der Waals surface area contributed by atoms with Crippen LogP contribution in [0.2, 0.25) is 0 Å². The molecule has 3 rings (SSSR count). The molecule has 1 fully saturated rings. The van der Waals surface area contributed by atoms with Crippen LogP contribution in [0.4, 0.5) is 10.5 Å². The fourth-order valence-corrected chi connectivity index (χ4v) is 2.45. The van der Waals surface area contributed by atoms with Gasteiger partial charge in [-0.1, -0.05) is 22.9 Å². The molecule has 0 spiro atoms. The minimum atomic E-state index is -0.409. The first kappa shape index (κ1) is 17.4. The van der Waals surface area contributed by atoms with E-state index in [9.17, 15) is 4.79 Å². The van der Waals surface area contributed by atoms with Crippen molar-refractivity contribution < 1.29 is 18.8 Å². The molecule has 1 aromatic carbocycles. The van der Waals surface area contributed by atoms with Crippen LogP contribution in [0.1, 0.15) is 27.7 Å². The third-order valence-electron chi connectivity index (χ3n) is 4.64. The van der Waals surface area contributed by atoms with E-state index in [2.05, 4.69) is 10.7 Å². The molecule has 0 saturated carbocycles. The van der Waals surface area contributed by atoms with Gasteiger partial charge in [-0.15, -0.1) is 5.43 Å². The van der Waals surface area contributed by atoms with Gasteiger partial charge in [-0.2, -0.15) is 0 Å². The second kappa shape index (κ2) is 6.50. The van der Waals surface area contributed by atoms with Crippen molar-refractivity contribution in [3.05, 3.63) is 54.9 Å². The molecule has 2 heterocycles. The molecule has 0 bridgehead atoms. The summed E-state index contributed by atoms with van der Waals surface area (Å²) in [6.45, 7) is 8.09. The zero-order valence-corrected chi connectivity index (χ0v) is 14.9. The summed E-state index contributed by atoms with van der Waals surface area (Å²) in [6.07, 6.45) is 3.50. The fraction of sp³-hybridized carbons (Fsp3) is 0.333. The molecule has 0 aliphatic carbocycles. The number of carbonyl (C=O) groups is 1. The van der Waals surface area contributed by atoms with E-state index < -0.39 is 7.12 Å². The van der Waals surface area contributed by atoms with Crippen molar-refractivity contribution in [1.29, 1.82) is 0 Å². The summed E-state index contributed by atoms with van der Waals surface area (Å²) in [5.41, 5.74) is 3.56. The molecule has 1 aliphatic rings. The van der Waals surface area contributed by atoms with Crippen LogP contribution >= 0.6 is 0 Å². The Hall–Kier alpha value is -2.38. The van der Waals surface area contributed by atoms with Gasteiger partial charge in [0.15, 0.2) is 12.4 Å². The minimum Gasteiger partial charge on any atom is -0.399 e. The minimum absolute atomic E-state index is 0.320. The fourth-order valence-electron chi connectivity index (χ4n) is 2.45. The molecule has 0 unspecified atom stereocenters. The Morgan fingerprint density at radius 2 is 1.52 bits per heavy atom. The Morgan fingerprint density at radius 1 is 0.960 bits per heavy atom. The van der Waals surface area contributed by atoms with Gasteiger partial charge in [0.05, 0.1) is 11.2 Å². The third kappa shape index (κ3) is 3.83. The lowest BCUT2D eigenvalue weighted by Crippen LogP contribution is -2.49. The normalized spacial score (nSPS) is 18.0. The summed E-state index contributed by atoms with van der Waals surface area (Å²) in [5, 5.41) is 2.79. The van der Waals surface area contributed by atoms with E-state index in [1.54, 1.807) is 17.1 Å². The van der Waals surface area contributed by atoms with Crippen LogP contribution < -0.4 is 20.9 Å². The van der Waals surface area contributed by atoms with Crippen molar-refractivity contribution in [3.8, 4) is 0 Å². The van der Waals surface area contributed by atoms with Crippen LogP contribution in [0.3, 0.4) is 0 Å². The number of anilines is 1. The van der Waals surface area contributed by atoms with Crippen molar-refractivity contribution in [3.63, 3.8) is 0 Å². The van der Waals surface area contributed by atoms with Crippen molar-refractivity contribution in [1.82, 2.24) is 0 Å². The third-order valence-corrected chi connectivity index (χ3v) is 4.64. The largest absolute Gasteiger partial charge is 0.494 e. The predicted octanol–water partition coefficient (Wildman–Crippen LogP) is 2.05. The van der Waals surface area contributed by atoms with E-state index in [0.717, 1.165) is 5.46 Å². The van der Waals surface area contributed by atoms with Gasteiger partial charge in [-0.25, -0.2) is 4.79 Å². The number of hydrogen-bond acceptors (Lipinski definition) is 3. The van der Waals surface area contributed by atoms with Crippen molar-refractivity contribution >= 4 is 24.3 Å².